The lowest BCUT2D eigenvalue weighted by Crippen LogP contribution is -2.30. The topological polar surface area (TPSA) is 23.5 Å². The second-order valence-electron chi connectivity index (χ2n) is 4.26. The second kappa shape index (κ2) is 5.69. The fourth-order valence-electron chi connectivity index (χ4n) is 1.88. The van der Waals surface area contributed by atoms with Gasteiger partial charge in [-0.25, -0.2) is 0 Å². The van der Waals surface area contributed by atoms with Crippen molar-refractivity contribution in [3.05, 3.63) is 28.2 Å². The molecule has 16 heavy (non-hydrogen) atoms. The van der Waals surface area contributed by atoms with Crippen LogP contribution in [0.15, 0.2) is 22.7 Å². The van der Waals surface area contributed by atoms with Crippen molar-refractivity contribution in [2.24, 2.45) is 0 Å². The molecule has 90 valence electrons. The molecule has 0 unspecified atom stereocenters. The Hall–Kier alpha value is -0.540. The normalized spacial score (nSPS) is 12.9. The molecule has 0 saturated carbocycles. The molecule has 3 heteroatoms. The molecule has 1 rings (SSSR count). The molecule has 0 heterocycles. The van der Waals surface area contributed by atoms with Gasteiger partial charge < -0.3 is 10.0 Å². The van der Waals surface area contributed by atoms with Crippen molar-refractivity contribution in [3.63, 3.8) is 0 Å². The fourth-order valence-corrected chi connectivity index (χ4v) is 2.58. The van der Waals surface area contributed by atoms with E-state index in [0.29, 0.717) is 6.04 Å². The maximum atomic E-state index is 9.56. The first-order valence-electron chi connectivity index (χ1n) is 5.71. The summed E-state index contributed by atoms with van der Waals surface area (Å²) in [5, 5.41) is 9.56. The Morgan fingerprint density at radius 2 is 1.94 bits per heavy atom. The molecule has 0 saturated heterocycles. The Kier molecular flexibility index (Phi) is 4.81. The summed E-state index contributed by atoms with van der Waals surface area (Å²) in [4.78, 5) is 2.32. The van der Waals surface area contributed by atoms with Crippen molar-refractivity contribution < 1.29 is 5.11 Å². The molecule has 0 amide bonds. The number of aliphatic hydroxyl groups excluding tert-OH is 1. The third-order valence-corrected chi connectivity index (χ3v) is 3.42. The van der Waals surface area contributed by atoms with Crippen LogP contribution in [0, 0.1) is 0 Å². The molecule has 0 radical (unpaired) electrons. The van der Waals surface area contributed by atoms with Gasteiger partial charge in [-0.05, 0) is 45.4 Å². The predicted molar refractivity (Wildman–Crippen MR) is 72.9 cm³/mol. The Balaban J connectivity index is 3.04. The van der Waals surface area contributed by atoms with Gasteiger partial charge in [-0.1, -0.05) is 22.0 Å². The van der Waals surface area contributed by atoms with Crippen molar-refractivity contribution in [2.45, 2.75) is 39.8 Å². The zero-order chi connectivity index (χ0) is 12.3. The van der Waals surface area contributed by atoms with Crippen LogP contribution in [0.5, 0.6) is 0 Å². The van der Waals surface area contributed by atoms with E-state index in [-0.39, 0.29) is 0 Å². The van der Waals surface area contributed by atoms with Gasteiger partial charge in [-0.15, -0.1) is 0 Å². The number of nitrogens with zero attached hydrogens (tertiary/aromatic N) is 1. The van der Waals surface area contributed by atoms with Gasteiger partial charge in [0.2, 0.25) is 0 Å². The average molecular weight is 286 g/mol. The van der Waals surface area contributed by atoms with Crippen LogP contribution in [0.1, 0.15) is 39.4 Å². The highest BCUT2D eigenvalue weighted by Crippen LogP contribution is 2.28. The number of aliphatic hydroxyl groups is 1. The molecule has 0 aliphatic carbocycles. The lowest BCUT2D eigenvalue weighted by atomic mass is 10.1. The first-order valence-corrected chi connectivity index (χ1v) is 6.50. The van der Waals surface area contributed by atoms with Crippen molar-refractivity contribution in [2.75, 3.05) is 11.4 Å². The molecule has 0 aromatic heterocycles. The zero-order valence-corrected chi connectivity index (χ0v) is 12.0. The van der Waals surface area contributed by atoms with E-state index in [1.165, 1.54) is 5.69 Å². The average Bonchev–Trinajstić information content (AvgIpc) is 2.17. The van der Waals surface area contributed by atoms with E-state index in [1.54, 1.807) is 6.92 Å². The van der Waals surface area contributed by atoms with Gasteiger partial charge >= 0.3 is 0 Å². The van der Waals surface area contributed by atoms with Crippen LogP contribution in [-0.2, 0) is 0 Å². The lowest BCUT2D eigenvalue weighted by Gasteiger charge is -2.28. The van der Waals surface area contributed by atoms with Crippen LogP contribution in [0.3, 0.4) is 0 Å². The van der Waals surface area contributed by atoms with E-state index < -0.39 is 6.10 Å². The van der Waals surface area contributed by atoms with Crippen molar-refractivity contribution >= 4 is 21.6 Å². The predicted octanol–water partition coefficient (Wildman–Crippen LogP) is 3.74. The molecule has 1 N–H and O–H groups in total. The standard InChI is InChI=1S/C13H20BrNO/c1-5-15(9(2)3)11-6-7-12(10(4)16)13(14)8-11/h6-10,16H,5H2,1-4H3/t10-/m0/s1. The fraction of sp³-hybridized carbons (Fsp3) is 0.538. The number of benzene rings is 1. The van der Waals surface area contributed by atoms with E-state index in [9.17, 15) is 5.11 Å². The van der Waals surface area contributed by atoms with Gasteiger partial charge in [-0.2, -0.15) is 0 Å². The van der Waals surface area contributed by atoms with E-state index in [2.05, 4.69) is 53.7 Å². The minimum atomic E-state index is -0.433. The highest BCUT2D eigenvalue weighted by atomic mass is 79.9. The summed E-state index contributed by atoms with van der Waals surface area (Å²) < 4.78 is 0.971. The molecule has 1 atom stereocenters. The largest absolute Gasteiger partial charge is 0.389 e. The van der Waals surface area contributed by atoms with Gasteiger partial charge in [0.25, 0.3) is 0 Å². The SMILES string of the molecule is CCN(c1ccc([C@H](C)O)c(Br)c1)C(C)C. The summed E-state index contributed by atoms with van der Waals surface area (Å²) in [6.45, 7) is 9.27. The molecule has 0 aliphatic heterocycles. The molecule has 1 aromatic rings. The number of halogens is 1. The Morgan fingerprint density at radius 1 is 1.31 bits per heavy atom. The summed E-state index contributed by atoms with van der Waals surface area (Å²) in [6, 6.07) is 6.60. The first kappa shape index (κ1) is 13.5. The van der Waals surface area contributed by atoms with E-state index in [0.717, 1.165) is 16.6 Å². The smallest absolute Gasteiger partial charge is 0.0772 e. The third-order valence-electron chi connectivity index (χ3n) is 2.73. The van der Waals surface area contributed by atoms with Crippen LogP contribution < -0.4 is 4.90 Å². The molecule has 2 nitrogen and oxygen atoms in total. The third kappa shape index (κ3) is 2.98. The number of hydrogen-bond acceptors (Lipinski definition) is 2. The highest BCUT2D eigenvalue weighted by molar-refractivity contribution is 9.10. The highest BCUT2D eigenvalue weighted by Gasteiger charge is 2.11. The van der Waals surface area contributed by atoms with E-state index in [4.69, 9.17) is 0 Å². The van der Waals surface area contributed by atoms with Crippen molar-refractivity contribution in [1.29, 1.82) is 0 Å². The summed E-state index contributed by atoms with van der Waals surface area (Å²) in [7, 11) is 0. The van der Waals surface area contributed by atoms with Gasteiger partial charge in [0.05, 0.1) is 6.10 Å². The van der Waals surface area contributed by atoms with Gasteiger partial charge in [0, 0.05) is 22.7 Å². The van der Waals surface area contributed by atoms with Crippen LogP contribution >= 0.6 is 15.9 Å². The van der Waals surface area contributed by atoms with E-state index >= 15 is 0 Å². The Morgan fingerprint density at radius 3 is 2.31 bits per heavy atom. The number of anilines is 1. The van der Waals surface area contributed by atoms with E-state index in [1.807, 2.05) is 6.07 Å². The number of rotatable bonds is 4. The summed E-state index contributed by atoms with van der Waals surface area (Å²) in [5.41, 5.74) is 2.12. The molecule has 0 fully saturated rings. The minimum Gasteiger partial charge on any atom is -0.389 e. The molecule has 0 aliphatic rings. The monoisotopic (exact) mass is 285 g/mol. The summed E-state index contributed by atoms with van der Waals surface area (Å²) in [6.07, 6.45) is -0.433. The molecular formula is C13H20BrNO. The quantitative estimate of drug-likeness (QED) is 0.911. The van der Waals surface area contributed by atoms with Crippen molar-refractivity contribution in [1.82, 2.24) is 0 Å². The summed E-state index contributed by atoms with van der Waals surface area (Å²) >= 11 is 3.51. The minimum absolute atomic E-state index is 0.433. The lowest BCUT2D eigenvalue weighted by molar-refractivity contribution is 0.198. The van der Waals surface area contributed by atoms with Gasteiger partial charge in [-0.3, -0.25) is 0 Å². The maximum absolute atomic E-state index is 9.56. The van der Waals surface area contributed by atoms with Crippen LogP contribution in [0.4, 0.5) is 5.69 Å². The Bertz CT molecular complexity index is 350. The van der Waals surface area contributed by atoms with Crippen molar-refractivity contribution in [3.8, 4) is 0 Å². The zero-order valence-electron chi connectivity index (χ0n) is 10.4. The molecular weight excluding hydrogens is 266 g/mol. The van der Waals surface area contributed by atoms with Crippen LogP contribution in [0.2, 0.25) is 0 Å². The van der Waals surface area contributed by atoms with Gasteiger partial charge in [0.1, 0.15) is 0 Å². The van der Waals surface area contributed by atoms with Crippen LogP contribution in [0.25, 0.3) is 0 Å². The summed E-state index contributed by atoms with van der Waals surface area (Å²) in [5.74, 6) is 0. The van der Waals surface area contributed by atoms with Gasteiger partial charge in [0.15, 0.2) is 0 Å². The number of hydrogen-bond donors (Lipinski definition) is 1. The van der Waals surface area contributed by atoms with Crippen LogP contribution in [-0.4, -0.2) is 17.7 Å². The maximum Gasteiger partial charge on any atom is 0.0772 e. The molecule has 1 aromatic carbocycles. The first-order chi connectivity index (χ1) is 7.47. The molecule has 0 bridgehead atoms. The second-order valence-corrected chi connectivity index (χ2v) is 5.12. The molecule has 0 spiro atoms. The Labute approximate surface area is 106 Å².